The number of nitrogens with zero attached hydrogens (tertiary/aromatic N) is 2. The maximum absolute atomic E-state index is 14.0. The van der Waals surface area contributed by atoms with Crippen LogP contribution in [0.25, 0.3) is 0 Å². The average molecular weight is 624 g/mol. The first-order chi connectivity index (χ1) is 20.5. The molecule has 230 valence electrons. The fraction of sp³-hybridized carbons (Fsp3) is 0.412. The van der Waals surface area contributed by atoms with Gasteiger partial charge in [-0.2, -0.15) is 0 Å². The molecule has 43 heavy (non-hydrogen) atoms. The number of halogens is 1. The first-order valence-electron chi connectivity index (χ1n) is 14.9. The average Bonchev–Trinajstić information content (AvgIpc) is 3.48. The van der Waals surface area contributed by atoms with Crippen LogP contribution in [-0.4, -0.2) is 50.0 Å². The van der Waals surface area contributed by atoms with Crippen LogP contribution in [0.5, 0.6) is 0 Å². The number of hydrogen-bond donors (Lipinski definition) is 1. The second-order valence-corrected chi connectivity index (χ2v) is 13.8. The van der Waals surface area contributed by atoms with Crippen molar-refractivity contribution < 1.29 is 18.0 Å². The molecule has 1 unspecified atom stereocenters. The molecule has 4 rings (SSSR count). The van der Waals surface area contributed by atoms with E-state index in [0.29, 0.717) is 23.6 Å². The van der Waals surface area contributed by atoms with Gasteiger partial charge in [0.15, 0.2) is 0 Å². The van der Waals surface area contributed by atoms with E-state index in [-0.39, 0.29) is 37.4 Å². The van der Waals surface area contributed by atoms with Crippen molar-refractivity contribution in [2.45, 2.75) is 77.4 Å². The number of anilines is 1. The van der Waals surface area contributed by atoms with Crippen LogP contribution in [-0.2, 0) is 32.6 Å². The fourth-order valence-electron chi connectivity index (χ4n) is 5.70. The predicted molar refractivity (Wildman–Crippen MR) is 174 cm³/mol. The number of sulfonamides is 1. The summed E-state index contributed by atoms with van der Waals surface area (Å²) in [6.07, 6.45) is 6.00. The Balaban J connectivity index is 1.59. The highest BCUT2D eigenvalue weighted by Crippen LogP contribution is 2.26. The van der Waals surface area contributed by atoms with Crippen molar-refractivity contribution in [3.63, 3.8) is 0 Å². The maximum atomic E-state index is 14.0. The van der Waals surface area contributed by atoms with Gasteiger partial charge in [0, 0.05) is 37.0 Å². The smallest absolute Gasteiger partial charge is 0.243 e. The summed E-state index contributed by atoms with van der Waals surface area (Å²) in [7, 11) is -3.58. The molecule has 0 spiro atoms. The first-order valence-corrected chi connectivity index (χ1v) is 17.2. The van der Waals surface area contributed by atoms with Crippen LogP contribution in [0.2, 0.25) is 5.02 Å². The van der Waals surface area contributed by atoms with Crippen LogP contribution < -0.4 is 9.62 Å². The highest BCUT2D eigenvalue weighted by Gasteiger charge is 2.32. The summed E-state index contributed by atoms with van der Waals surface area (Å²) in [5.41, 5.74) is 4.31. The van der Waals surface area contributed by atoms with E-state index < -0.39 is 16.1 Å². The van der Waals surface area contributed by atoms with Crippen molar-refractivity contribution >= 4 is 39.1 Å². The van der Waals surface area contributed by atoms with Gasteiger partial charge in [0.2, 0.25) is 21.8 Å². The molecule has 1 aliphatic carbocycles. The summed E-state index contributed by atoms with van der Waals surface area (Å²) in [6, 6.07) is 22.0. The number of nitrogens with one attached hydrogen (secondary N) is 1. The van der Waals surface area contributed by atoms with Crippen molar-refractivity contribution in [1.82, 2.24) is 10.2 Å². The lowest BCUT2D eigenvalue weighted by molar-refractivity contribution is -0.141. The summed E-state index contributed by atoms with van der Waals surface area (Å²) < 4.78 is 27.0. The molecule has 2 amide bonds. The summed E-state index contributed by atoms with van der Waals surface area (Å²) >= 11 is 6.13. The van der Waals surface area contributed by atoms with Gasteiger partial charge in [-0.1, -0.05) is 79.0 Å². The highest BCUT2D eigenvalue weighted by molar-refractivity contribution is 7.92. The van der Waals surface area contributed by atoms with Gasteiger partial charge in [-0.25, -0.2) is 8.42 Å². The number of hydrogen-bond acceptors (Lipinski definition) is 4. The van der Waals surface area contributed by atoms with Crippen LogP contribution in [0, 0.1) is 13.8 Å². The molecule has 0 heterocycles. The second kappa shape index (κ2) is 14.9. The van der Waals surface area contributed by atoms with Gasteiger partial charge >= 0.3 is 0 Å². The van der Waals surface area contributed by atoms with Crippen molar-refractivity contribution in [3.8, 4) is 0 Å². The number of amides is 2. The van der Waals surface area contributed by atoms with E-state index in [9.17, 15) is 18.0 Å². The molecule has 1 atom stereocenters. The third kappa shape index (κ3) is 9.07. The quantitative estimate of drug-likeness (QED) is 0.246. The van der Waals surface area contributed by atoms with Crippen molar-refractivity contribution in [1.29, 1.82) is 0 Å². The van der Waals surface area contributed by atoms with Crippen LogP contribution in [0.15, 0.2) is 72.8 Å². The first kappa shape index (κ1) is 32.6. The van der Waals surface area contributed by atoms with Crippen molar-refractivity contribution in [3.05, 3.63) is 100 Å². The summed E-state index contributed by atoms with van der Waals surface area (Å²) in [5.74, 6) is -0.363. The largest absolute Gasteiger partial charge is 0.352 e. The topological polar surface area (TPSA) is 86.8 Å². The Bertz CT molecular complexity index is 1490. The maximum Gasteiger partial charge on any atom is 0.243 e. The molecule has 7 nitrogen and oxygen atoms in total. The Kier molecular flexibility index (Phi) is 11.3. The molecule has 0 radical (unpaired) electrons. The van der Waals surface area contributed by atoms with Gasteiger partial charge in [-0.05, 0) is 73.6 Å². The molecule has 0 aliphatic heterocycles. The minimum absolute atomic E-state index is 0.0898. The van der Waals surface area contributed by atoms with Gasteiger partial charge in [-0.15, -0.1) is 0 Å². The Hall–Kier alpha value is -3.36. The Morgan fingerprint density at radius 3 is 2.26 bits per heavy atom. The molecule has 1 saturated carbocycles. The Labute approximate surface area is 261 Å². The SMILES string of the molecule is Cc1cccc(N(CCCC(=O)N(Cc2ccc(Cl)cc2)C(Cc2ccccc2)C(=O)NC2CCCC2)S(C)(=O)=O)c1C. The number of aryl methyl sites for hydroxylation is 1. The molecule has 0 bridgehead atoms. The third-order valence-electron chi connectivity index (χ3n) is 8.24. The minimum Gasteiger partial charge on any atom is -0.352 e. The van der Waals surface area contributed by atoms with Crippen LogP contribution in [0.4, 0.5) is 5.69 Å². The minimum atomic E-state index is -3.58. The van der Waals surface area contributed by atoms with Gasteiger partial charge in [-0.3, -0.25) is 13.9 Å². The zero-order valence-electron chi connectivity index (χ0n) is 25.3. The van der Waals surface area contributed by atoms with Crippen LogP contribution in [0.3, 0.4) is 0 Å². The monoisotopic (exact) mass is 623 g/mol. The fourth-order valence-corrected chi connectivity index (χ4v) is 6.84. The van der Waals surface area contributed by atoms with E-state index in [1.807, 2.05) is 68.4 Å². The van der Waals surface area contributed by atoms with Crippen LogP contribution in [0.1, 0.15) is 60.8 Å². The van der Waals surface area contributed by atoms with E-state index in [1.165, 1.54) is 10.6 Å². The molecular weight excluding hydrogens is 582 g/mol. The number of carbonyl (C=O) groups excluding carboxylic acids is 2. The highest BCUT2D eigenvalue weighted by atomic mass is 35.5. The van der Waals surface area contributed by atoms with Gasteiger partial charge in [0.1, 0.15) is 6.04 Å². The van der Waals surface area contributed by atoms with Gasteiger partial charge in [0.25, 0.3) is 0 Å². The second-order valence-electron chi connectivity index (χ2n) is 11.5. The summed E-state index contributed by atoms with van der Waals surface area (Å²) in [4.78, 5) is 29.5. The molecule has 3 aromatic rings. The predicted octanol–water partition coefficient (Wildman–Crippen LogP) is 6.20. The molecule has 3 aromatic carbocycles. The molecule has 0 aromatic heterocycles. The molecule has 1 N–H and O–H groups in total. The van der Waals surface area contributed by atoms with Crippen LogP contribution >= 0.6 is 11.6 Å². The van der Waals surface area contributed by atoms with E-state index in [2.05, 4.69) is 5.32 Å². The lowest BCUT2D eigenvalue weighted by Gasteiger charge is -2.33. The molecular formula is C34H42ClN3O4S. The van der Waals surface area contributed by atoms with Gasteiger partial charge in [0.05, 0.1) is 11.9 Å². The molecule has 1 aliphatic rings. The zero-order chi connectivity index (χ0) is 31.0. The summed E-state index contributed by atoms with van der Waals surface area (Å²) in [6.45, 7) is 4.24. The molecule has 9 heteroatoms. The lowest BCUT2D eigenvalue weighted by atomic mass is 10.0. The number of rotatable bonds is 13. The van der Waals surface area contributed by atoms with E-state index in [0.717, 1.165) is 47.9 Å². The number of carbonyl (C=O) groups is 2. The molecule has 1 fully saturated rings. The van der Waals surface area contributed by atoms with Crippen molar-refractivity contribution in [2.24, 2.45) is 0 Å². The van der Waals surface area contributed by atoms with E-state index in [4.69, 9.17) is 11.6 Å². The van der Waals surface area contributed by atoms with Gasteiger partial charge < -0.3 is 10.2 Å². The standard InChI is InChI=1S/C34H42ClN3O4S/c1-25-11-9-16-31(26(25)2)38(43(3,41)42)22-10-17-33(39)37(24-28-18-20-29(35)21-19-28)32(23-27-12-5-4-6-13-27)34(40)36-30-14-7-8-15-30/h4-6,9,11-13,16,18-21,30,32H,7-8,10,14-15,17,22-24H2,1-3H3,(H,36,40). The zero-order valence-corrected chi connectivity index (χ0v) is 26.8. The normalized spacial score (nSPS) is 14.3. The lowest BCUT2D eigenvalue weighted by Crippen LogP contribution is -2.52. The Morgan fingerprint density at radius 1 is 0.930 bits per heavy atom. The third-order valence-corrected chi connectivity index (χ3v) is 9.67. The number of benzene rings is 3. The molecule has 0 saturated heterocycles. The van der Waals surface area contributed by atoms with E-state index >= 15 is 0 Å². The summed E-state index contributed by atoms with van der Waals surface area (Å²) in [5, 5.41) is 3.81. The van der Waals surface area contributed by atoms with E-state index in [1.54, 1.807) is 23.1 Å². The van der Waals surface area contributed by atoms with Crippen molar-refractivity contribution in [2.75, 3.05) is 17.1 Å². The Morgan fingerprint density at radius 2 is 1.60 bits per heavy atom.